The fourth-order valence-electron chi connectivity index (χ4n) is 2.50. The molecule has 1 aliphatic carbocycles. The third-order valence-corrected chi connectivity index (χ3v) is 4.07. The molecule has 25 heavy (non-hydrogen) atoms. The highest BCUT2D eigenvalue weighted by molar-refractivity contribution is 5.95. The molecular weight excluding hydrogens is 320 g/mol. The van der Waals surface area contributed by atoms with E-state index in [9.17, 15) is 14.9 Å². The summed E-state index contributed by atoms with van der Waals surface area (Å²) in [6, 6.07) is 12.3. The maximum atomic E-state index is 12.2. The monoisotopic (exact) mass is 340 g/mol. The molecule has 1 amide bonds. The minimum absolute atomic E-state index is 0.0712. The van der Waals surface area contributed by atoms with Crippen LogP contribution in [0.4, 0.5) is 17.1 Å². The molecule has 3 rings (SSSR count). The van der Waals surface area contributed by atoms with Crippen LogP contribution in [0.3, 0.4) is 0 Å². The van der Waals surface area contributed by atoms with Gasteiger partial charge in [0.1, 0.15) is 5.69 Å². The van der Waals surface area contributed by atoms with Gasteiger partial charge in [-0.25, -0.2) is 0 Å². The summed E-state index contributed by atoms with van der Waals surface area (Å²) in [7, 11) is 0. The van der Waals surface area contributed by atoms with Crippen LogP contribution in [0.25, 0.3) is 0 Å². The standard InChI is InChI=1S/C18H20N4O3/c19-14-4-1-12(2-5-14)9-10-20-18(23)13-3-8-16(21-15-6-7-15)17(11-13)22(24)25/h1-5,8,11,15,21H,6-7,9-10,19H2,(H,20,23). The second-order valence-electron chi connectivity index (χ2n) is 6.16. The van der Waals surface area contributed by atoms with Crippen molar-refractivity contribution in [1.29, 1.82) is 0 Å². The molecule has 0 atom stereocenters. The van der Waals surface area contributed by atoms with Crippen LogP contribution < -0.4 is 16.4 Å². The van der Waals surface area contributed by atoms with Crippen molar-refractivity contribution < 1.29 is 9.72 Å². The van der Waals surface area contributed by atoms with Crippen molar-refractivity contribution in [1.82, 2.24) is 5.32 Å². The van der Waals surface area contributed by atoms with E-state index in [0.717, 1.165) is 18.4 Å². The van der Waals surface area contributed by atoms with Crippen molar-refractivity contribution in [3.8, 4) is 0 Å². The number of nitro benzene ring substituents is 1. The lowest BCUT2D eigenvalue weighted by Crippen LogP contribution is -2.25. The zero-order chi connectivity index (χ0) is 17.8. The highest BCUT2D eigenvalue weighted by Gasteiger charge is 2.25. The maximum absolute atomic E-state index is 12.2. The topological polar surface area (TPSA) is 110 Å². The minimum Gasteiger partial charge on any atom is -0.399 e. The van der Waals surface area contributed by atoms with Crippen molar-refractivity contribution in [2.24, 2.45) is 0 Å². The number of carbonyl (C=O) groups excluding carboxylic acids is 1. The molecule has 1 aliphatic rings. The third-order valence-electron chi connectivity index (χ3n) is 4.07. The number of nitro groups is 1. The van der Waals surface area contributed by atoms with E-state index in [1.807, 2.05) is 24.3 Å². The van der Waals surface area contributed by atoms with Gasteiger partial charge in [0.25, 0.3) is 11.6 Å². The number of nitrogen functional groups attached to an aromatic ring is 1. The predicted molar refractivity (Wildman–Crippen MR) is 96.6 cm³/mol. The molecule has 0 saturated heterocycles. The first-order valence-electron chi connectivity index (χ1n) is 8.20. The van der Waals surface area contributed by atoms with Gasteiger partial charge >= 0.3 is 0 Å². The van der Waals surface area contributed by atoms with Crippen molar-refractivity contribution in [3.63, 3.8) is 0 Å². The maximum Gasteiger partial charge on any atom is 0.293 e. The third kappa shape index (κ3) is 4.47. The molecule has 2 aromatic rings. The Morgan fingerprint density at radius 3 is 2.56 bits per heavy atom. The molecule has 1 saturated carbocycles. The van der Waals surface area contributed by atoms with E-state index in [-0.39, 0.29) is 17.2 Å². The molecule has 130 valence electrons. The Morgan fingerprint density at radius 2 is 1.92 bits per heavy atom. The van der Waals surface area contributed by atoms with E-state index >= 15 is 0 Å². The Labute approximate surface area is 145 Å². The summed E-state index contributed by atoms with van der Waals surface area (Å²) in [5.74, 6) is -0.323. The van der Waals surface area contributed by atoms with E-state index in [0.29, 0.717) is 30.4 Å². The van der Waals surface area contributed by atoms with Gasteiger partial charge in [-0.2, -0.15) is 0 Å². The van der Waals surface area contributed by atoms with Gasteiger partial charge in [0.15, 0.2) is 0 Å². The summed E-state index contributed by atoms with van der Waals surface area (Å²) < 4.78 is 0. The van der Waals surface area contributed by atoms with Gasteiger partial charge in [-0.15, -0.1) is 0 Å². The number of rotatable bonds is 7. The highest BCUT2D eigenvalue weighted by Crippen LogP contribution is 2.31. The van der Waals surface area contributed by atoms with Crippen LogP contribution in [-0.2, 0) is 6.42 Å². The number of amides is 1. The molecule has 0 aromatic heterocycles. The number of hydrogen-bond acceptors (Lipinski definition) is 5. The van der Waals surface area contributed by atoms with Gasteiger partial charge in [-0.3, -0.25) is 14.9 Å². The average Bonchev–Trinajstić information content (AvgIpc) is 3.40. The number of nitrogens with zero attached hydrogens (tertiary/aromatic N) is 1. The molecule has 1 fully saturated rings. The van der Waals surface area contributed by atoms with Gasteiger partial charge in [-0.1, -0.05) is 12.1 Å². The Kier molecular flexibility index (Phi) is 4.83. The van der Waals surface area contributed by atoms with Gasteiger partial charge < -0.3 is 16.4 Å². The molecule has 0 aliphatic heterocycles. The number of nitrogens with one attached hydrogen (secondary N) is 2. The van der Waals surface area contributed by atoms with E-state index in [2.05, 4.69) is 10.6 Å². The van der Waals surface area contributed by atoms with Crippen molar-refractivity contribution in [3.05, 3.63) is 63.7 Å². The molecule has 4 N–H and O–H groups in total. The van der Waals surface area contributed by atoms with Gasteiger partial charge in [0.2, 0.25) is 0 Å². The first-order valence-corrected chi connectivity index (χ1v) is 8.20. The predicted octanol–water partition coefficient (Wildman–Crippen LogP) is 2.72. The molecule has 0 radical (unpaired) electrons. The summed E-state index contributed by atoms with van der Waals surface area (Å²) in [5.41, 5.74) is 8.06. The molecule has 7 heteroatoms. The molecule has 0 heterocycles. The first-order chi connectivity index (χ1) is 12.0. The van der Waals surface area contributed by atoms with Crippen LogP contribution >= 0.6 is 0 Å². The zero-order valence-electron chi connectivity index (χ0n) is 13.7. The molecule has 7 nitrogen and oxygen atoms in total. The van der Waals surface area contributed by atoms with E-state index in [4.69, 9.17) is 5.73 Å². The van der Waals surface area contributed by atoms with Gasteiger partial charge in [-0.05, 0) is 49.1 Å². The van der Waals surface area contributed by atoms with E-state index < -0.39 is 4.92 Å². The number of nitrogens with two attached hydrogens (primary N) is 1. The van der Waals surface area contributed by atoms with Gasteiger partial charge in [0.05, 0.1) is 4.92 Å². The quantitative estimate of drug-likeness (QED) is 0.408. The summed E-state index contributed by atoms with van der Waals surface area (Å²) in [6.07, 6.45) is 2.70. The Morgan fingerprint density at radius 1 is 1.20 bits per heavy atom. The number of anilines is 2. The minimum atomic E-state index is -0.462. The Hall–Kier alpha value is -3.09. The van der Waals surface area contributed by atoms with E-state index in [1.54, 1.807) is 12.1 Å². The van der Waals surface area contributed by atoms with Crippen molar-refractivity contribution in [2.45, 2.75) is 25.3 Å². The number of benzene rings is 2. The van der Waals surface area contributed by atoms with Crippen LogP contribution in [0, 0.1) is 10.1 Å². The number of carbonyl (C=O) groups is 1. The summed E-state index contributed by atoms with van der Waals surface area (Å²) in [4.78, 5) is 23.0. The zero-order valence-corrected chi connectivity index (χ0v) is 13.7. The lowest BCUT2D eigenvalue weighted by molar-refractivity contribution is -0.384. The lowest BCUT2D eigenvalue weighted by Gasteiger charge is -2.09. The van der Waals surface area contributed by atoms with Crippen LogP contribution in [0.5, 0.6) is 0 Å². The molecular formula is C18H20N4O3. The SMILES string of the molecule is Nc1ccc(CCNC(=O)c2ccc(NC3CC3)c([N+](=O)[O-])c2)cc1. The van der Waals surface area contributed by atoms with Crippen LogP contribution in [0.15, 0.2) is 42.5 Å². The molecule has 2 aromatic carbocycles. The van der Waals surface area contributed by atoms with Crippen LogP contribution in [-0.4, -0.2) is 23.4 Å². The van der Waals surface area contributed by atoms with Crippen LogP contribution in [0.2, 0.25) is 0 Å². The second-order valence-corrected chi connectivity index (χ2v) is 6.16. The largest absolute Gasteiger partial charge is 0.399 e. The average molecular weight is 340 g/mol. The summed E-state index contributed by atoms with van der Waals surface area (Å²) >= 11 is 0. The van der Waals surface area contributed by atoms with Crippen LogP contribution in [0.1, 0.15) is 28.8 Å². The first kappa shape index (κ1) is 16.8. The summed E-state index contributed by atoms with van der Waals surface area (Å²) in [5, 5.41) is 17.2. The molecule has 0 bridgehead atoms. The summed E-state index contributed by atoms with van der Waals surface area (Å²) in [6.45, 7) is 0.443. The van der Waals surface area contributed by atoms with Gasteiger partial charge in [0, 0.05) is 29.9 Å². The molecule has 0 unspecified atom stereocenters. The fourth-order valence-corrected chi connectivity index (χ4v) is 2.50. The second kappa shape index (κ2) is 7.21. The fraction of sp³-hybridized carbons (Fsp3) is 0.278. The Balaban J connectivity index is 1.61. The lowest BCUT2D eigenvalue weighted by atomic mass is 10.1. The number of hydrogen-bond donors (Lipinski definition) is 3. The van der Waals surface area contributed by atoms with E-state index in [1.165, 1.54) is 6.07 Å². The highest BCUT2D eigenvalue weighted by atomic mass is 16.6. The molecule has 0 spiro atoms. The van der Waals surface area contributed by atoms with Crippen molar-refractivity contribution in [2.75, 3.05) is 17.6 Å². The Bertz CT molecular complexity index is 785. The van der Waals surface area contributed by atoms with Crippen molar-refractivity contribution >= 4 is 23.0 Å². The normalized spacial score (nSPS) is 13.3. The smallest absolute Gasteiger partial charge is 0.293 e.